The van der Waals surface area contributed by atoms with Gasteiger partial charge in [0.05, 0.1) is 7.11 Å². The highest BCUT2D eigenvalue weighted by Crippen LogP contribution is 2.61. The summed E-state index contributed by atoms with van der Waals surface area (Å²) >= 11 is 0. The Morgan fingerprint density at radius 1 is 1.28 bits per heavy atom. The zero-order valence-corrected chi connectivity index (χ0v) is 22.4. The largest absolute Gasteiger partial charge is 0.504 e. The van der Waals surface area contributed by atoms with E-state index in [1.54, 1.807) is 19.5 Å². The van der Waals surface area contributed by atoms with Gasteiger partial charge in [-0.1, -0.05) is 33.8 Å². The number of carbonyl (C=O) groups excluding carboxylic acids is 2. The van der Waals surface area contributed by atoms with Crippen LogP contribution in [0.2, 0.25) is 0 Å². The fraction of sp³-hybridized carbons (Fsp3) is 0.567. The zero-order chi connectivity index (χ0) is 26.3. The van der Waals surface area contributed by atoms with Crippen molar-refractivity contribution >= 4 is 12.2 Å². The lowest BCUT2D eigenvalue weighted by atomic mass is 9.55. The molecule has 5 atom stereocenters. The summed E-state index contributed by atoms with van der Waals surface area (Å²) in [4.78, 5) is 26.6. The van der Waals surface area contributed by atoms with E-state index in [9.17, 15) is 14.7 Å². The van der Waals surface area contributed by atoms with E-state index in [4.69, 9.17) is 4.74 Å². The second-order valence-corrected chi connectivity index (χ2v) is 10.2. The van der Waals surface area contributed by atoms with Crippen LogP contribution in [-0.4, -0.2) is 29.4 Å². The number of hydrogen-bond acceptors (Lipinski definition) is 5. The number of nitrogens with zero attached hydrogens (tertiary/aromatic N) is 1. The first-order valence-electron chi connectivity index (χ1n) is 13.4. The number of ketones is 1. The molecule has 0 bridgehead atoms. The zero-order valence-electron chi connectivity index (χ0n) is 22.4. The number of amides is 1. The molecule has 36 heavy (non-hydrogen) atoms. The molecule has 0 saturated heterocycles. The quantitative estimate of drug-likeness (QED) is 0.512. The number of rotatable bonds is 5. The molecule has 4 unspecified atom stereocenters. The van der Waals surface area contributed by atoms with E-state index in [0.29, 0.717) is 42.2 Å². The van der Waals surface area contributed by atoms with Crippen LogP contribution in [0.3, 0.4) is 0 Å². The number of benzene rings is 1. The second-order valence-electron chi connectivity index (χ2n) is 10.2. The van der Waals surface area contributed by atoms with E-state index in [0.717, 1.165) is 44.1 Å². The molecule has 2 saturated carbocycles. The fourth-order valence-corrected chi connectivity index (χ4v) is 6.71. The van der Waals surface area contributed by atoms with Crippen molar-refractivity contribution in [2.45, 2.75) is 78.7 Å². The Balaban J connectivity index is 0.000000253. The average Bonchev–Trinajstić information content (AvgIpc) is 3.19. The molecule has 0 spiro atoms. The number of phenols is 1. The molecule has 3 aliphatic rings. The normalized spacial score (nSPS) is 27.6. The smallest absolute Gasteiger partial charge is 0.207 e. The molecule has 0 aliphatic heterocycles. The van der Waals surface area contributed by atoms with Gasteiger partial charge in [0.25, 0.3) is 0 Å². The summed E-state index contributed by atoms with van der Waals surface area (Å²) in [5, 5.41) is 12.6. The van der Waals surface area contributed by atoms with Crippen molar-refractivity contribution in [3.63, 3.8) is 0 Å². The fourth-order valence-electron chi connectivity index (χ4n) is 6.71. The summed E-state index contributed by atoms with van der Waals surface area (Å²) in [7, 11) is 1.61. The van der Waals surface area contributed by atoms with Crippen LogP contribution in [0.4, 0.5) is 0 Å². The number of pyridine rings is 1. The summed E-state index contributed by atoms with van der Waals surface area (Å²) < 4.78 is 5.34. The number of methoxy groups -OCH3 is 1. The molecule has 2 N–H and O–H groups in total. The molecule has 6 nitrogen and oxygen atoms in total. The summed E-state index contributed by atoms with van der Waals surface area (Å²) in [6, 6.07) is 7.69. The van der Waals surface area contributed by atoms with E-state index in [1.165, 1.54) is 11.1 Å². The maximum Gasteiger partial charge on any atom is 0.207 e. The molecule has 5 rings (SSSR count). The van der Waals surface area contributed by atoms with Gasteiger partial charge in [-0.05, 0) is 91.2 Å². The number of aromatic hydroxyl groups is 1. The van der Waals surface area contributed by atoms with Gasteiger partial charge in [-0.2, -0.15) is 0 Å². The van der Waals surface area contributed by atoms with Gasteiger partial charge in [0.15, 0.2) is 11.5 Å². The molecule has 1 heterocycles. The lowest BCUT2D eigenvalue weighted by molar-refractivity contribution is -0.132. The van der Waals surface area contributed by atoms with Gasteiger partial charge >= 0.3 is 0 Å². The van der Waals surface area contributed by atoms with Crippen LogP contribution in [0.1, 0.15) is 82.4 Å². The minimum absolute atomic E-state index is 0.0969. The van der Waals surface area contributed by atoms with Crippen LogP contribution in [0, 0.1) is 23.2 Å². The Labute approximate surface area is 215 Å². The maximum atomic E-state index is 12.9. The number of aromatic nitrogens is 1. The third-order valence-corrected chi connectivity index (χ3v) is 8.49. The Kier molecular flexibility index (Phi) is 9.52. The van der Waals surface area contributed by atoms with Crippen molar-refractivity contribution < 1.29 is 19.4 Å². The van der Waals surface area contributed by atoms with E-state index < -0.39 is 0 Å². The minimum Gasteiger partial charge on any atom is -0.504 e. The summed E-state index contributed by atoms with van der Waals surface area (Å²) in [6.07, 6.45) is 10.4. The van der Waals surface area contributed by atoms with Crippen LogP contribution in [-0.2, 0) is 22.6 Å². The minimum atomic E-state index is -0.0969. The number of hydrogen-bond donors (Lipinski definition) is 2. The molecule has 6 heteroatoms. The molecular formula is C30H42N2O4. The van der Waals surface area contributed by atoms with Gasteiger partial charge in [-0.25, -0.2) is 0 Å². The van der Waals surface area contributed by atoms with E-state index in [1.807, 2.05) is 32.0 Å². The molecule has 1 aromatic carbocycles. The molecule has 196 valence electrons. The number of ether oxygens (including phenoxy) is 1. The molecular weight excluding hydrogens is 452 g/mol. The van der Waals surface area contributed by atoms with Crippen molar-refractivity contribution in [3.8, 4) is 11.5 Å². The number of aryl methyl sites for hydroxylation is 1. The number of carbonyl (C=O) groups is 2. The van der Waals surface area contributed by atoms with Crippen molar-refractivity contribution in [3.05, 3.63) is 53.3 Å². The molecule has 1 aromatic heterocycles. The summed E-state index contributed by atoms with van der Waals surface area (Å²) in [5.41, 5.74) is 3.54. The highest BCUT2D eigenvalue weighted by Gasteiger charge is 2.57. The van der Waals surface area contributed by atoms with Crippen molar-refractivity contribution in [1.29, 1.82) is 0 Å². The maximum absolute atomic E-state index is 12.9. The Hall–Kier alpha value is -2.89. The lowest BCUT2D eigenvalue weighted by Crippen LogP contribution is -2.42. The van der Waals surface area contributed by atoms with Crippen molar-refractivity contribution in [2.24, 2.45) is 23.2 Å². The van der Waals surface area contributed by atoms with E-state index in [-0.39, 0.29) is 17.1 Å². The van der Waals surface area contributed by atoms with Gasteiger partial charge < -0.3 is 15.2 Å². The average molecular weight is 495 g/mol. The highest BCUT2D eigenvalue weighted by molar-refractivity contribution is 5.89. The van der Waals surface area contributed by atoms with Crippen LogP contribution in [0.15, 0.2) is 36.7 Å². The lowest BCUT2D eigenvalue weighted by Gasteiger charge is -2.48. The van der Waals surface area contributed by atoms with Gasteiger partial charge in [-0.15, -0.1) is 0 Å². The Morgan fingerprint density at radius 2 is 2.06 bits per heavy atom. The molecule has 3 aliphatic carbocycles. The number of fused-ring (bicyclic) bond motifs is 5. The van der Waals surface area contributed by atoms with Gasteiger partial charge in [0.1, 0.15) is 5.78 Å². The first-order chi connectivity index (χ1) is 17.4. The predicted molar refractivity (Wildman–Crippen MR) is 142 cm³/mol. The van der Waals surface area contributed by atoms with Crippen molar-refractivity contribution in [1.82, 2.24) is 10.3 Å². The van der Waals surface area contributed by atoms with Gasteiger partial charge in [-0.3, -0.25) is 14.6 Å². The second kappa shape index (κ2) is 12.4. The summed E-state index contributed by atoms with van der Waals surface area (Å²) in [6.45, 7) is 8.95. The van der Waals surface area contributed by atoms with Crippen LogP contribution in [0.25, 0.3) is 0 Å². The first kappa shape index (κ1) is 27.7. The Morgan fingerprint density at radius 3 is 2.69 bits per heavy atom. The monoisotopic (exact) mass is 494 g/mol. The van der Waals surface area contributed by atoms with Crippen LogP contribution < -0.4 is 10.1 Å². The molecule has 2 fully saturated rings. The van der Waals surface area contributed by atoms with Crippen LogP contribution >= 0.6 is 0 Å². The topological polar surface area (TPSA) is 88.5 Å². The first-order valence-corrected chi connectivity index (χ1v) is 13.4. The molecule has 2 aromatic rings. The standard InChI is InChI=1S/C21H28O3.C7H8N2O.C2H6/c1-4-12-9-17-15-6-5-13-10-18(22)19(24-3)11-16(13)14(15)7-8-21(17,2)20(12)23;10-6-9-5-7-2-1-3-8-4-7;1-2/h10-12,14-15,17,22H,4-9H2,1-3H3;1-4,6H,5H2,(H,9,10);1-2H3/t12?,14?,15?,17?,21-;;/m0../s1. The molecule has 1 amide bonds. The van der Waals surface area contributed by atoms with E-state index >= 15 is 0 Å². The van der Waals surface area contributed by atoms with Gasteiger partial charge in [0.2, 0.25) is 6.41 Å². The Bertz CT molecular complexity index is 1030. The van der Waals surface area contributed by atoms with E-state index in [2.05, 4.69) is 30.2 Å². The van der Waals surface area contributed by atoms with Crippen molar-refractivity contribution in [2.75, 3.05) is 7.11 Å². The SMILES string of the molecule is CC.CCC1CC2C3CCc4cc(O)c(OC)cc4C3CC[C@]2(C)C1=O.O=CNCc1cccnc1. The van der Waals surface area contributed by atoms with Crippen LogP contribution in [0.5, 0.6) is 11.5 Å². The number of nitrogens with one attached hydrogen (secondary N) is 1. The third kappa shape index (κ3) is 5.42. The number of Topliss-reactive ketones (excluding diaryl/α,β-unsaturated/α-hetero) is 1. The highest BCUT2D eigenvalue weighted by atomic mass is 16.5. The van der Waals surface area contributed by atoms with Gasteiger partial charge in [0, 0.05) is 30.3 Å². The predicted octanol–water partition coefficient (Wildman–Crippen LogP) is 5.82. The number of phenolic OH excluding ortho intramolecular Hbond substituents is 1. The summed E-state index contributed by atoms with van der Waals surface area (Å²) in [5.74, 6) is 3.28. The third-order valence-electron chi connectivity index (χ3n) is 8.49. The molecule has 0 radical (unpaired) electrons.